The molecule has 19 atom stereocenters. The fraction of sp³-hybridized carbons (Fsp3) is 0.857. The normalized spacial score (nSPS) is 52.6. The lowest BCUT2D eigenvalue weighted by Gasteiger charge is -2.70. The summed E-state index contributed by atoms with van der Waals surface area (Å²) >= 11 is 0. The van der Waals surface area contributed by atoms with E-state index in [-0.39, 0.29) is 34.4 Å². The van der Waals surface area contributed by atoms with Crippen LogP contribution in [-0.4, -0.2) is 127 Å². The number of allylic oxidation sites excluding steroid dienone is 2. The Bertz CT molecular complexity index is 1730. The first-order chi connectivity index (χ1) is 26.8. The highest BCUT2D eigenvalue weighted by Crippen LogP contribution is 2.75. The molecule has 2 aliphatic heterocycles. The highest BCUT2D eigenvalue weighted by atomic mass is 16.8. The van der Waals surface area contributed by atoms with Crippen LogP contribution in [-0.2, 0) is 38.1 Å². The number of rotatable bonds is 7. The van der Waals surface area contributed by atoms with Crippen molar-refractivity contribution in [2.24, 2.45) is 50.2 Å². The quantitative estimate of drug-likeness (QED) is 0.176. The summed E-state index contributed by atoms with van der Waals surface area (Å²) in [7, 11) is 0. The highest BCUT2D eigenvalue weighted by Gasteiger charge is 2.70. The van der Waals surface area contributed by atoms with Crippen molar-refractivity contribution in [3.63, 3.8) is 0 Å². The van der Waals surface area contributed by atoms with E-state index in [1.165, 1.54) is 0 Å². The van der Waals surface area contributed by atoms with Crippen LogP contribution >= 0.6 is 0 Å². The van der Waals surface area contributed by atoms with Crippen LogP contribution in [0.4, 0.5) is 0 Å². The predicted octanol–water partition coefficient (Wildman–Crippen LogP) is 0.911. The first-order valence-electron chi connectivity index (χ1n) is 20.7. The number of carboxylic acids is 3. The molecule has 7 aliphatic rings. The largest absolute Gasteiger partial charge is 0.550 e. The third-order valence-electron chi connectivity index (χ3n) is 17.2. The second-order valence-electron chi connectivity index (χ2n) is 20.6. The Morgan fingerprint density at radius 1 is 0.724 bits per heavy atom. The standard InChI is InChI=1S/C42H62O16/c1-37(2)21-8-11-42(7)31(20(43)16-18-19-17-39(4,36(53)54)13-12-38(19,3)14-15-41(18,42)6)40(21,5)10-9-22(37)55-35-30(26(47)25(46)29(57-35)33(51)52)58-34-27(48)23(44)24(45)28(56-34)32(49)50/h16,19,21-31,34-35,44-48H,8-15,17H2,1-7H3,(H,49,50)(H,51,52)(H,53,54)/p-1/t19-,21-,22-,23-,24-,25-,26-,27+,28-,29-,30+,31+,34-,35-,38+,39-,40-,41+,42+/m0/s1. The molecule has 2 saturated heterocycles. The molecule has 0 aromatic carbocycles. The molecule has 0 aromatic rings. The van der Waals surface area contributed by atoms with Crippen LogP contribution in [0.3, 0.4) is 0 Å². The topological polar surface area (TPSA) is 270 Å². The minimum atomic E-state index is -2.05. The molecule has 0 amide bonds. The van der Waals surface area contributed by atoms with Crippen molar-refractivity contribution in [3.05, 3.63) is 11.6 Å². The molecule has 0 aromatic heterocycles. The fourth-order valence-electron chi connectivity index (χ4n) is 13.4. The molecule has 7 rings (SSSR count). The van der Waals surface area contributed by atoms with Gasteiger partial charge < -0.3 is 64.6 Å². The molecule has 16 heteroatoms. The van der Waals surface area contributed by atoms with Gasteiger partial charge in [-0.1, -0.05) is 54.0 Å². The number of fused-ring (bicyclic) bond motifs is 7. The van der Waals surface area contributed by atoms with Gasteiger partial charge in [0, 0.05) is 17.3 Å². The van der Waals surface area contributed by atoms with Gasteiger partial charge in [-0.25, -0.2) is 9.59 Å². The van der Waals surface area contributed by atoms with Gasteiger partial charge in [-0.2, -0.15) is 0 Å². The maximum atomic E-state index is 14.8. The number of ether oxygens (including phenoxy) is 4. The predicted molar refractivity (Wildman–Crippen MR) is 197 cm³/mol. The average Bonchev–Trinajstić information content (AvgIpc) is 3.13. The van der Waals surface area contributed by atoms with Gasteiger partial charge in [-0.05, 0) is 103 Å². The number of hydrogen-bond acceptors (Lipinski definition) is 14. The van der Waals surface area contributed by atoms with Gasteiger partial charge >= 0.3 is 11.9 Å². The minimum Gasteiger partial charge on any atom is -0.550 e. The second-order valence-corrected chi connectivity index (χ2v) is 20.6. The molecular formula is C42H61O16-. The zero-order valence-corrected chi connectivity index (χ0v) is 34.3. The summed E-state index contributed by atoms with van der Waals surface area (Å²) in [5.74, 6) is -4.80. The molecule has 326 valence electrons. The molecule has 16 nitrogen and oxygen atoms in total. The van der Waals surface area contributed by atoms with Gasteiger partial charge in [0.2, 0.25) is 0 Å². The van der Waals surface area contributed by atoms with Gasteiger partial charge in [-0.15, -0.1) is 0 Å². The van der Waals surface area contributed by atoms with Crippen LogP contribution in [0.25, 0.3) is 0 Å². The van der Waals surface area contributed by atoms with Gasteiger partial charge in [0.25, 0.3) is 0 Å². The van der Waals surface area contributed by atoms with Crippen LogP contribution in [0.2, 0.25) is 0 Å². The number of aliphatic hydroxyl groups is 5. The zero-order valence-electron chi connectivity index (χ0n) is 34.3. The lowest BCUT2D eigenvalue weighted by molar-refractivity contribution is -0.371. The number of carbonyl (C=O) groups excluding carboxylic acids is 2. The molecule has 4 saturated carbocycles. The molecule has 0 radical (unpaired) electrons. The zero-order chi connectivity index (χ0) is 42.9. The van der Waals surface area contributed by atoms with Crippen LogP contribution in [0.15, 0.2) is 11.6 Å². The number of carbonyl (C=O) groups is 4. The third kappa shape index (κ3) is 6.25. The summed E-state index contributed by atoms with van der Waals surface area (Å²) in [5, 5.41) is 85.1. The molecule has 5 aliphatic carbocycles. The summed E-state index contributed by atoms with van der Waals surface area (Å²) in [6.45, 7) is 14.7. The van der Waals surface area contributed by atoms with Crippen molar-refractivity contribution in [2.45, 2.75) is 174 Å². The van der Waals surface area contributed by atoms with Crippen LogP contribution in [0, 0.1) is 50.2 Å². The Hall–Kier alpha value is -2.54. The van der Waals surface area contributed by atoms with Crippen molar-refractivity contribution in [1.82, 2.24) is 0 Å². The molecular weight excluding hydrogens is 760 g/mol. The molecule has 7 N–H and O–H groups in total. The van der Waals surface area contributed by atoms with E-state index in [4.69, 9.17) is 18.9 Å². The van der Waals surface area contributed by atoms with Crippen molar-refractivity contribution >= 4 is 23.7 Å². The number of aliphatic hydroxyl groups excluding tert-OH is 5. The maximum absolute atomic E-state index is 14.8. The summed E-state index contributed by atoms with van der Waals surface area (Å²) in [6, 6.07) is 0. The van der Waals surface area contributed by atoms with Crippen molar-refractivity contribution in [1.29, 1.82) is 0 Å². The minimum absolute atomic E-state index is 0.0471. The summed E-state index contributed by atoms with van der Waals surface area (Å²) in [6.07, 6.45) is -12.5. The highest BCUT2D eigenvalue weighted by molar-refractivity contribution is 5.95. The van der Waals surface area contributed by atoms with Crippen molar-refractivity contribution < 1.29 is 79.0 Å². The smallest absolute Gasteiger partial charge is 0.335 e. The Morgan fingerprint density at radius 3 is 1.91 bits per heavy atom. The van der Waals surface area contributed by atoms with E-state index in [1.54, 1.807) is 6.92 Å². The third-order valence-corrected chi connectivity index (χ3v) is 17.2. The van der Waals surface area contributed by atoms with E-state index >= 15 is 0 Å². The molecule has 0 bridgehead atoms. The van der Waals surface area contributed by atoms with Crippen LogP contribution in [0.1, 0.15) is 106 Å². The van der Waals surface area contributed by atoms with Crippen molar-refractivity contribution in [2.75, 3.05) is 0 Å². The lowest BCUT2D eigenvalue weighted by atomic mass is 9.33. The van der Waals surface area contributed by atoms with Crippen LogP contribution < -0.4 is 5.11 Å². The van der Waals surface area contributed by atoms with E-state index in [1.807, 2.05) is 19.9 Å². The summed E-state index contributed by atoms with van der Waals surface area (Å²) in [4.78, 5) is 51.2. The van der Waals surface area contributed by atoms with E-state index in [0.29, 0.717) is 38.5 Å². The molecule has 0 spiro atoms. The average molecular weight is 822 g/mol. The molecule has 0 unspecified atom stereocenters. The molecule has 6 fully saturated rings. The summed E-state index contributed by atoms with van der Waals surface area (Å²) in [5.41, 5.74) is -2.03. The number of hydrogen-bond donors (Lipinski definition) is 7. The Kier molecular flexibility index (Phi) is 10.7. The SMILES string of the molecule is CC1(C)[C@@H](O[C@H]2O[C@H](C(=O)O)[C@@H](O)[C@H](O)[C@H]2O[C@@H]2O[C@H](C(=O)O)[C@@H](O)[C@H](O)[C@H]2O)CC[C@]2(C)[C@H]3C(=O)C=C4[C@@H]5C[C@@](C)(C(=O)[O-])CC[C@]5(C)CC[C@@]4(C)[C@]3(C)CC[C@@H]12. The van der Waals surface area contributed by atoms with Gasteiger partial charge in [0.05, 0.1) is 6.10 Å². The number of ketones is 1. The Morgan fingerprint density at radius 2 is 1.31 bits per heavy atom. The monoisotopic (exact) mass is 821 g/mol. The maximum Gasteiger partial charge on any atom is 0.335 e. The van der Waals surface area contributed by atoms with E-state index in [0.717, 1.165) is 24.8 Å². The van der Waals surface area contributed by atoms with E-state index in [2.05, 4.69) is 27.7 Å². The summed E-state index contributed by atoms with van der Waals surface area (Å²) < 4.78 is 23.4. The fourth-order valence-corrected chi connectivity index (χ4v) is 13.4. The van der Waals surface area contributed by atoms with Gasteiger partial charge in [0.1, 0.15) is 36.6 Å². The van der Waals surface area contributed by atoms with E-state index in [9.17, 15) is 60.0 Å². The van der Waals surface area contributed by atoms with Gasteiger partial charge in [0.15, 0.2) is 30.6 Å². The molecule has 2 heterocycles. The first kappa shape index (κ1) is 43.5. The Balaban J connectivity index is 1.17. The van der Waals surface area contributed by atoms with Crippen LogP contribution in [0.5, 0.6) is 0 Å². The van der Waals surface area contributed by atoms with Gasteiger partial charge in [-0.3, -0.25) is 4.79 Å². The van der Waals surface area contributed by atoms with Crippen molar-refractivity contribution in [3.8, 4) is 0 Å². The molecule has 58 heavy (non-hydrogen) atoms. The first-order valence-corrected chi connectivity index (χ1v) is 20.7. The number of aliphatic carboxylic acids is 3. The van der Waals surface area contributed by atoms with E-state index < -0.39 is 107 Å². The second kappa shape index (κ2) is 14.3. The Labute approximate surface area is 337 Å². The lowest BCUT2D eigenvalue weighted by Crippen LogP contribution is -2.68. The number of carboxylic acid groups (broad SMARTS) is 3.